The van der Waals surface area contributed by atoms with Gasteiger partial charge in [0.25, 0.3) is 0 Å². The highest BCUT2D eigenvalue weighted by Gasteiger charge is 2.22. The number of rotatable bonds is 11. The molecule has 0 radical (unpaired) electrons. The number of para-hydroxylation sites is 1. The Labute approximate surface area is 291 Å². The second-order valence-corrected chi connectivity index (χ2v) is 12.0. The maximum Gasteiger partial charge on any atom is 0.0696 e. The second kappa shape index (κ2) is 15.7. The van der Waals surface area contributed by atoms with Crippen LogP contribution >= 0.6 is 0 Å². The summed E-state index contributed by atoms with van der Waals surface area (Å²) in [6.07, 6.45) is 23.9. The lowest BCUT2D eigenvalue weighted by atomic mass is 9.94. The van der Waals surface area contributed by atoms with E-state index >= 15 is 0 Å². The number of allylic oxidation sites excluding steroid dienone is 8. The number of aromatic nitrogens is 1. The van der Waals surface area contributed by atoms with Crippen LogP contribution in [0.2, 0.25) is 0 Å². The fourth-order valence-electron chi connectivity index (χ4n) is 6.20. The predicted octanol–water partition coefficient (Wildman–Crippen LogP) is 10.3. The van der Waals surface area contributed by atoms with Gasteiger partial charge in [-0.15, -0.1) is 0 Å². The minimum Gasteiger partial charge on any atom is -0.404 e. The molecule has 0 saturated carbocycles. The molecule has 4 nitrogen and oxygen atoms in total. The van der Waals surface area contributed by atoms with E-state index in [1.54, 1.807) is 6.20 Å². The first-order valence-corrected chi connectivity index (χ1v) is 16.6. The van der Waals surface area contributed by atoms with Crippen LogP contribution in [-0.2, 0) is 0 Å². The van der Waals surface area contributed by atoms with E-state index in [1.807, 2.05) is 74.7 Å². The van der Waals surface area contributed by atoms with Gasteiger partial charge in [-0.1, -0.05) is 110 Å². The third kappa shape index (κ3) is 7.29. The van der Waals surface area contributed by atoms with Crippen LogP contribution in [0.25, 0.3) is 45.9 Å². The molecule has 1 aliphatic heterocycles. The Balaban J connectivity index is 1.62. The maximum atomic E-state index is 6.38. The first kappa shape index (κ1) is 34.3. The van der Waals surface area contributed by atoms with Gasteiger partial charge in [-0.2, -0.15) is 0 Å². The maximum absolute atomic E-state index is 6.38. The fraction of sp³-hybridized carbons (Fsp3) is 0.111. The first-order valence-electron chi connectivity index (χ1n) is 16.6. The Kier molecular flexibility index (Phi) is 11.0. The Morgan fingerprint density at radius 3 is 2.33 bits per heavy atom. The highest BCUT2D eigenvalue weighted by Crippen LogP contribution is 2.39. The van der Waals surface area contributed by atoms with Crippen LogP contribution in [0.4, 0.5) is 0 Å². The van der Waals surface area contributed by atoms with Crippen LogP contribution in [0, 0.1) is 13.8 Å². The van der Waals surface area contributed by atoms with Crippen LogP contribution in [0.3, 0.4) is 0 Å². The van der Waals surface area contributed by atoms with Gasteiger partial charge in [0.05, 0.1) is 11.7 Å². The third-order valence-corrected chi connectivity index (χ3v) is 8.95. The topological polar surface area (TPSA) is 69.0 Å². The molecule has 0 aliphatic carbocycles. The number of hydrogen-bond acceptors (Lipinski definition) is 3. The average Bonchev–Trinajstić information content (AvgIpc) is 3.40. The second-order valence-electron chi connectivity index (χ2n) is 12.0. The van der Waals surface area contributed by atoms with Gasteiger partial charge < -0.3 is 21.4 Å². The summed E-state index contributed by atoms with van der Waals surface area (Å²) in [6, 6.07) is 25.4. The van der Waals surface area contributed by atoms with Crippen molar-refractivity contribution in [2.24, 2.45) is 11.5 Å². The van der Waals surface area contributed by atoms with Gasteiger partial charge in [0.1, 0.15) is 0 Å². The molecule has 4 aromatic rings. The zero-order valence-corrected chi connectivity index (χ0v) is 28.9. The van der Waals surface area contributed by atoms with E-state index < -0.39 is 0 Å². The van der Waals surface area contributed by atoms with Gasteiger partial charge in [-0.3, -0.25) is 0 Å². The highest BCUT2D eigenvalue weighted by molar-refractivity contribution is 5.84. The molecular weight excluding hydrogens is 597 g/mol. The summed E-state index contributed by atoms with van der Waals surface area (Å²) in [5, 5.41) is 3.55. The van der Waals surface area contributed by atoms with Crippen LogP contribution < -0.4 is 16.8 Å². The minimum absolute atomic E-state index is 0.0474. The van der Waals surface area contributed by atoms with E-state index in [2.05, 4.69) is 116 Å². The quantitative estimate of drug-likeness (QED) is 0.143. The molecule has 0 spiro atoms. The monoisotopic (exact) mass is 642 g/mol. The molecule has 1 aromatic heterocycles. The molecule has 5 N–H and O–H groups in total. The molecule has 0 amide bonds. The summed E-state index contributed by atoms with van der Waals surface area (Å²) < 4.78 is 2.36. The smallest absolute Gasteiger partial charge is 0.0696 e. The number of nitrogens with zero attached hydrogens (tertiary/aromatic N) is 1. The molecule has 3 aromatic carbocycles. The van der Waals surface area contributed by atoms with Crippen molar-refractivity contribution in [3.05, 3.63) is 192 Å². The zero-order valence-electron chi connectivity index (χ0n) is 28.9. The van der Waals surface area contributed by atoms with Gasteiger partial charge in [0.15, 0.2) is 0 Å². The van der Waals surface area contributed by atoms with Crippen molar-refractivity contribution in [2.75, 3.05) is 0 Å². The first-order chi connectivity index (χ1) is 23.8. The summed E-state index contributed by atoms with van der Waals surface area (Å²) in [4.78, 5) is 0. The predicted molar refractivity (Wildman–Crippen MR) is 213 cm³/mol. The van der Waals surface area contributed by atoms with Crippen molar-refractivity contribution in [1.82, 2.24) is 9.88 Å². The van der Waals surface area contributed by atoms with Gasteiger partial charge in [-0.05, 0) is 114 Å². The molecule has 246 valence electrons. The number of nitrogens with two attached hydrogens (primary N) is 2. The summed E-state index contributed by atoms with van der Waals surface area (Å²) in [6.45, 7) is 16.8. The number of benzene rings is 3. The van der Waals surface area contributed by atoms with E-state index in [0.29, 0.717) is 0 Å². The normalized spacial score (nSPS) is 15.5. The Morgan fingerprint density at radius 1 is 0.898 bits per heavy atom. The Hall–Kier alpha value is -6.00. The van der Waals surface area contributed by atoms with Crippen LogP contribution in [-0.4, -0.2) is 10.6 Å². The molecule has 49 heavy (non-hydrogen) atoms. The summed E-state index contributed by atoms with van der Waals surface area (Å²) in [5.41, 5.74) is 27.1. The Bertz CT molecular complexity index is 2070. The highest BCUT2D eigenvalue weighted by atomic mass is 15.0. The fourth-order valence-corrected chi connectivity index (χ4v) is 6.20. The molecular formula is C45H46N4. The van der Waals surface area contributed by atoms with E-state index in [4.69, 9.17) is 11.5 Å². The average molecular weight is 643 g/mol. The van der Waals surface area contributed by atoms with Crippen LogP contribution in [0.5, 0.6) is 0 Å². The van der Waals surface area contributed by atoms with Crippen LogP contribution in [0.15, 0.2) is 164 Å². The molecule has 1 atom stereocenters. The number of nitrogens with one attached hydrogen (secondary N) is 1. The summed E-state index contributed by atoms with van der Waals surface area (Å²) in [7, 11) is 0. The van der Waals surface area contributed by atoms with Crippen molar-refractivity contribution in [3.63, 3.8) is 0 Å². The molecule has 5 rings (SSSR count). The summed E-state index contributed by atoms with van der Waals surface area (Å²) in [5.74, 6) is 0. The standard InChI is InChI=1S/C45H46N4/c1-7-11-21-42(47)37-18-15-17-35(27-37)36-22-24-41(33(9-3)26-36)45-32(6)31(5)44(49(45)40-19-13-12-14-20-40)28-34(10-4)43-25-23-39(30-48-43)38(29-46)16-8-2/h7-30,43,48H,3-4,46-47H2,1-2,5-6H3/b11-7-,16-8-,34-28+,38-29+,42-21-. The molecule has 1 unspecified atom stereocenters. The molecule has 1 aliphatic rings. The van der Waals surface area contributed by atoms with Gasteiger partial charge >= 0.3 is 0 Å². The molecule has 0 fully saturated rings. The van der Waals surface area contributed by atoms with E-state index in [1.165, 1.54) is 11.1 Å². The molecule has 2 heterocycles. The Morgan fingerprint density at radius 2 is 1.67 bits per heavy atom. The lowest BCUT2D eigenvalue weighted by Crippen LogP contribution is -2.26. The van der Waals surface area contributed by atoms with E-state index in [0.717, 1.165) is 67.3 Å². The minimum atomic E-state index is -0.0474. The van der Waals surface area contributed by atoms with Gasteiger partial charge in [-0.25, -0.2) is 0 Å². The summed E-state index contributed by atoms with van der Waals surface area (Å²) >= 11 is 0. The molecule has 4 heteroatoms. The lowest BCUT2D eigenvalue weighted by molar-refractivity contribution is 0.797. The van der Waals surface area contributed by atoms with Crippen molar-refractivity contribution in [1.29, 1.82) is 0 Å². The van der Waals surface area contributed by atoms with Crippen molar-refractivity contribution in [2.45, 2.75) is 33.7 Å². The molecule has 0 saturated heterocycles. The third-order valence-electron chi connectivity index (χ3n) is 8.95. The number of hydrogen-bond donors (Lipinski definition) is 3. The largest absolute Gasteiger partial charge is 0.404 e. The van der Waals surface area contributed by atoms with E-state index in [-0.39, 0.29) is 6.04 Å². The lowest BCUT2D eigenvalue weighted by Gasteiger charge is -2.21. The SMILES string of the molecule is C=C/C(=C\c1c(C)c(C)c(-c2ccc(-c3cccc(/C(N)=C/C=C\C)c3)cc2C=C)n1-c1ccccc1)C1C=CC(C(/C=C\C)=C/N)=CN1. The zero-order chi connectivity index (χ0) is 34.9. The van der Waals surface area contributed by atoms with Gasteiger partial charge in [0, 0.05) is 35.0 Å². The van der Waals surface area contributed by atoms with Crippen molar-refractivity contribution in [3.8, 4) is 28.1 Å². The van der Waals surface area contributed by atoms with E-state index in [9.17, 15) is 0 Å². The van der Waals surface area contributed by atoms with Crippen molar-refractivity contribution >= 4 is 17.8 Å². The van der Waals surface area contributed by atoms with Gasteiger partial charge in [0.2, 0.25) is 0 Å². The van der Waals surface area contributed by atoms with Crippen LogP contribution in [0.1, 0.15) is 41.8 Å². The van der Waals surface area contributed by atoms with Crippen molar-refractivity contribution < 1.29 is 0 Å². The molecule has 0 bridgehead atoms. The number of dihydropyridines is 1.